The predicted molar refractivity (Wildman–Crippen MR) is 110 cm³/mol. The molecule has 2 saturated carbocycles. The lowest BCUT2D eigenvalue weighted by molar-refractivity contribution is 0.0599. The van der Waals surface area contributed by atoms with Gasteiger partial charge in [0.2, 0.25) is 0 Å². The van der Waals surface area contributed by atoms with Crippen molar-refractivity contribution in [2.45, 2.75) is 36.8 Å². The highest BCUT2D eigenvalue weighted by Crippen LogP contribution is 2.43. The Morgan fingerprint density at radius 1 is 0.862 bits per heavy atom. The Morgan fingerprint density at radius 3 is 1.66 bits per heavy atom. The highest BCUT2D eigenvalue weighted by atomic mass is 16.5. The van der Waals surface area contributed by atoms with E-state index in [-0.39, 0.29) is 17.0 Å². The molecule has 2 aromatic rings. The van der Waals surface area contributed by atoms with Crippen LogP contribution < -0.4 is 11.5 Å². The molecule has 0 radical (unpaired) electrons. The minimum atomic E-state index is -0.897. The number of ether oxygens (including phenoxy) is 1. The van der Waals surface area contributed by atoms with E-state index in [4.69, 9.17) is 21.7 Å². The fourth-order valence-corrected chi connectivity index (χ4v) is 2.88. The number of carbonyl (C=O) groups is 2. The lowest BCUT2D eigenvalue weighted by Crippen LogP contribution is -2.19. The van der Waals surface area contributed by atoms with Crippen LogP contribution in [0.25, 0.3) is 0 Å². The van der Waals surface area contributed by atoms with Crippen molar-refractivity contribution in [3.05, 3.63) is 70.8 Å². The van der Waals surface area contributed by atoms with Gasteiger partial charge in [0, 0.05) is 18.2 Å². The molecule has 0 spiro atoms. The maximum Gasteiger partial charge on any atom is 0.337 e. The molecule has 4 rings (SSSR count). The average molecular weight is 400 g/mol. The zero-order valence-electron chi connectivity index (χ0n) is 16.7. The predicted octanol–water partition coefficient (Wildman–Crippen LogP) is 2.36. The lowest BCUT2D eigenvalue weighted by Gasteiger charge is -2.09. The van der Waals surface area contributed by atoms with E-state index in [1.807, 2.05) is 24.3 Å². The first-order valence-electron chi connectivity index (χ1n) is 9.33. The average Bonchev–Trinajstić information content (AvgIpc) is 3.69. The van der Waals surface area contributed by atoms with Gasteiger partial charge in [-0.15, -0.1) is 0 Å². The number of esters is 1. The molecule has 2 fully saturated rings. The number of carboxylic acids is 1. The van der Waals surface area contributed by atoms with Crippen molar-refractivity contribution >= 4 is 11.9 Å². The molecule has 0 unspecified atom stereocenters. The molecule has 7 nitrogen and oxygen atoms in total. The van der Waals surface area contributed by atoms with E-state index in [9.17, 15) is 9.59 Å². The molecule has 0 heterocycles. The summed E-state index contributed by atoms with van der Waals surface area (Å²) in [5.41, 5.74) is 14.4. The second-order valence-corrected chi connectivity index (χ2v) is 7.27. The summed E-state index contributed by atoms with van der Waals surface area (Å²) in [4.78, 5) is 21.9. The Balaban J connectivity index is 0.000000191. The van der Waals surface area contributed by atoms with E-state index in [2.05, 4.69) is 4.74 Å². The van der Waals surface area contributed by atoms with Gasteiger partial charge in [-0.05, 0) is 61.1 Å². The molecule has 0 aliphatic heterocycles. The number of nitrogens with two attached hydrogens (primary N) is 2. The largest absolute Gasteiger partial charge is 0.478 e. The van der Waals surface area contributed by atoms with Crippen molar-refractivity contribution in [2.75, 3.05) is 14.2 Å². The molecule has 29 heavy (non-hydrogen) atoms. The zero-order valence-corrected chi connectivity index (χ0v) is 16.7. The normalized spacial score (nSPS) is 16.9. The van der Waals surface area contributed by atoms with E-state index < -0.39 is 5.97 Å². The quantitative estimate of drug-likeness (QED) is 0.578. The van der Waals surface area contributed by atoms with Crippen molar-refractivity contribution in [2.24, 2.45) is 11.5 Å². The van der Waals surface area contributed by atoms with E-state index in [0.717, 1.165) is 43.9 Å². The SMILES string of the molecule is CO.COC(=O)c1cccc(C2(N)CC2)c1.NC1(c2cccc(C(=O)O)c2)CC1. The second kappa shape index (κ2) is 9.17. The summed E-state index contributed by atoms with van der Waals surface area (Å²) in [5.74, 6) is -1.21. The minimum Gasteiger partial charge on any atom is -0.478 e. The summed E-state index contributed by atoms with van der Waals surface area (Å²) >= 11 is 0. The highest BCUT2D eigenvalue weighted by Gasteiger charge is 2.40. The van der Waals surface area contributed by atoms with Crippen LogP contribution in [0, 0.1) is 0 Å². The zero-order chi connectivity index (χ0) is 21.7. The number of methoxy groups -OCH3 is 1. The van der Waals surface area contributed by atoms with Gasteiger partial charge in [0.05, 0.1) is 18.2 Å². The third-order valence-corrected chi connectivity index (χ3v) is 5.12. The Labute approximate surface area is 170 Å². The first kappa shape index (κ1) is 22.5. The van der Waals surface area contributed by atoms with Crippen LogP contribution in [-0.4, -0.2) is 36.4 Å². The van der Waals surface area contributed by atoms with Gasteiger partial charge in [0.1, 0.15) is 0 Å². The highest BCUT2D eigenvalue weighted by molar-refractivity contribution is 5.89. The molecule has 2 aliphatic rings. The van der Waals surface area contributed by atoms with Crippen LogP contribution in [0.4, 0.5) is 0 Å². The summed E-state index contributed by atoms with van der Waals surface area (Å²) in [6.45, 7) is 0. The monoisotopic (exact) mass is 400 g/mol. The number of rotatable bonds is 4. The number of aromatic carboxylic acids is 1. The molecule has 0 bridgehead atoms. The number of carbonyl (C=O) groups excluding carboxylic acids is 1. The van der Waals surface area contributed by atoms with Gasteiger partial charge in [-0.25, -0.2) is 9.59 Å². The smallest absolute Gasteiger partial charge is 0.337 e. The van der Waals surface area contributed by atoms with Crippen LogP contribution in [0.15, 0.2) is 48.5 Å². The van der Waals surface area contributed by atoms with Gasteiger partial charge in [-0.1, -0.05) is 24.3 Å². The lowest BCUT2D eigenvalue weighted by atomic mass is 10.0. The van der Waals surface area contributed by atoms with Crippen molar-refractivity contribution in [1.29, 1.82) is 0 Å². The van der Waals surface area contributed by atoms with Gasteiger partial charge in [-0.2, -0.15) is 0 Å². The minimum absolute atomic E-state index is 0.190. The number of hydrogen-bond donors (Lipinski definition) is 4. The van der Waals surface area contributed by atoms with Crippen LogP contribution in [0.5, 0.6) is 0 Å². The third kappa shape index (κ3) is 5.63. The molecule has 0 atom stereocenters. The number of aliphatic hydroxyl groups excluding tert-OH is 1. The molecule has 0 amide bonds. The van der Waals surface area contributed by atoms with Gasteiger partial charge in [0.25, 0.3) is 0 Å². The fraction of sp³-hybridized carbons (Fsp3) is 0.364. The van der Waals surface area contributed by atoms with Crippen LogP contribution in [-0.2, 0) is 15.8 Å². The standard InChI is InChI=1S/C11H13NO2.C10H11NO2.CH4O/c1-14-10(13)8-3-2-4-9(7-8)11(12)5-6-11;11-10(4-5-10)8-3-1-2-7(6-8)9(12)13;1-2/h2-4,7H,5-6,12H2,1H3;1-3,6H,4-5,11H2,(H,12,13);2H,1H3. The van der Waals surface area contributed by atoms with Crippen molar-refractivity contribution in [1.82, 2.24) is 0 Å². The summed E-state index contributed by atoms with van der Waals surface area (Å²) < 4.78 is 4.64. The summed E-state index contributed by atoms with van der Waals surface area (Å²) in [6.07, 6.45) is 3.90. The Morgan fingerprint density at radius 2 is 1.28 bits per heavy atom. The maximum atomic E-state index is 11.2. The summed E-state index contributed by atoms with van der Waals surface area (Å²) in [7, 11) is 2.38. The number of carboxylic acid groups (broad SMARTS) is 1. The van der Waals surface area contributed by atoms with Gasteiger partial charge in [0.15, 0.2) is 0 Å². The number of benzene rings is 2. The maximum absolute atomic E-state index is 11.2. The molecule has 2 aromatic carbocycles. The topological polar surface area (TPSA) is 136 Å². The molecule has 6 N–H and O–H groups in total. The fourth-order valence-electron chi connectivity index (χ4n) is 2.88. The summed E-state index contributed by atoms with van der Waals surface area (Å²) in [6, 6.07) is 14.2. The van der Waals surface area contributed by atoms with Crippen LogP contribution in [0.2, 0.25) is 0 Å². The van der Waals surface area contributed by atoms with E-state index in [1.165, 1.54) is 7.11 Å². The van der Waals surface area contributed by atoms with Gasteiger partial charge in [-0.3, -0.25) is 0 Å². The third-order valence-electron chi connectivity index (χ3n) is 5.12. The first-order valence-corrected chi connectivity index (χ1v) is 9.33. The van der Waals surface area contributed by atoms with E-state index in [1.54, 1.807) is 24.3 Å². The molecule has 0 aromatic heterocycles. The molecule has 0 saturated heterocycles. The molecule has 7 heteroatoms. The number of hydrogen-bond acceptors (Lipinski definition) is 6. The molecule has 2 aliphatic carbocycles. The van der Waals surface area contributed by atoms with Crippen LogP contribution in [0.3, 0.4) is 0 Å². The van der Waals surface area contributed by atoms with Gasteiger partial charge >= 0.3 is 11.9 Å². The van der Waals surface area contributed by atoms with E-state index >= 15 is 0 Å². The van der Waals surface area contributed by atoms with Crippen LogP contribution in [0.1, 0.15) is 57.5 Å². The molecular weight excluding hydrogens is 372 g/mol. The second-order valence-electron chi connectivity index (χ2n) is 7.27. The van der Waals surface area contributed by atoms with Crippen molar-refractivity contribution in [3.63, 3.8) is 0 Å². The Hall–Kier alpha value is -2.74. The first-order chi connectivity index (χ1) is 13.8. The summed E-state index contributed by atoms with van der Waals surface area (Å²) in [5, 5.41) is 15.8. The van der Waals surface area contributed by atoms with Gasteiger partial charge < -0.3 is 26.4 Å². The van der Waals surface area contributed by atoms with Crippen molar-refractivity contribution < 1.29 is 24.5 Å². The van der Waals surface area contributed by atoms with Crippen LogP contribution >= 0.6 is 0 Å². The van der Waals surface area contributed by atoms with Crippen molar-refractivity contribution in [3.8, 4) is 0 Å². The molecular formula is C22H28N2O5. The Kier molecular flexibility index (Phi) is 7.13. The Bertz CT molecular complexity index is 873. The molecule has 156 valence electrons. The number of aliphatic hydroxyl groups is 1. The van der Waals surface area contributed by atoms with E-state index in [0.29, 0.717) is 11.1 Å².